The van der Waals surface area contributed by atoms with Crippen LogP contribution in [0.3, 0.4) is 0 Å². The number of carbonyl (C=O) groups is 1. The van der Waals surface area contributed by atoms with Gasteiger partial charge in [0.1, 0.15) is 11.9 Å². The molecule has 2 aromatic rings. The Morgan fingerprint density at radius 1 is 1.27 bits per heavy atom. The molecule has 0 aromatic heterocycles. The predicted molar refractivity (Wildman–Crippen MR) is 112 cm³/mol. The third-order valence-corrected chi connectivity index (χ3v) is 5.88. The van der Waals surface area contributed by atoms with Crippen LogP contribution in [0, 0.1) is 23.7 Å². The number of nitriles is 1. The Kier molecular flexibility index (Phi) is 6.72. The zero-order valence-corrected chi connectivity index (χ0v) is 17.1. The number of hydrogen-bond acceptors (Lipinski definition) is 3. The van der Waals surface area contributed by atoms with Crippen LogP contribution < -0.4 is 0 Å². The van der Waals surface area contributed by atoms with Crippen molar-refractivity contribution in [3.05, 3.63) is 75.3 Å². The number of amides is 1. The molecule has 7 heteroatoms. The maximum Gasteiger partial charge on any atom is 0.226 e. The highest BCUT2D eigenvalue weighted by atomic mass is 35.5. The number of benzene rings is 2. The monoisotopic (exact) mass is 425 g/mol. The largest absolute Gasteiger partial charge is 0.390 e. The van der Waals surface area contributed by atoms with Crippen LogP contribution in [0.15, 0.2) is 36.4 Å². The van der Waals surface area contributed by atoms with Crippen LogP contribution in [0.1, 0.15) is 36.0 Å². The van der Waals surface area contributed by atoms with E-state index in [0.29, 0.717) is 49.4 Å². The predicted octanol–water partition coefficient (Wildman–Crippen LogP) is 4.43. The van der Waals surface area contributed by atoms with Crippen molar-refractivity contribution in [2.75, 3.05) is 13.1 Å². The molecule has 154 valence electrons. The van der Waals surface area contributed by atoms with Gasteiger partial charge in [0.15, 0.2) is 0 Å². The van der Waals surface area contributed by atoms with Gasteiger partial charge in [-0.3, -0.25) is 4.79 Å². The lowest BCUT2D eigenvalue weighted by molar-refractivity contribution is -0.134. The summed E-state index contributed by atoms with van der Waals surface area (Å²) in [5, 5.41) is 20.1. The van der Waals surface area contributed by atoms with E-state index in [1.807, 2.05) is 6.07 Å². The Labute approximate surface area is 180 Å². The average molecular weight is 426 g/mol. The van der Waals surface area contributed by atoms with E-state index >= 15 is 0 Å². The van der Waals surface area contributed by atoms with E-state index in [2.05, 4.69) is 4.85 Å². The van der Waals surface area contributed by atoms with Crippen LogP contribution in [-0.2, 0) is 17.6 Å². The second kappa shape index (κ2) is 9.26. The molecule has 1 N–H and O–H groups in total. The van der Waals surface area contributed by atoms with Crippen LogP contribution in [0.4, 0.5) is 10.1 Å². The first-order valence-electron chi connectivity index (χ1n) is 9.68. The molecule has 0 radical (unpaired) electrons. The Balaban J connectivity index is 1.53. The van der Waals surface area contributed by atoms with Crippen LogP contribution in [-0.4, -0.2) is 34.6 Å². The minimum Gasteiger partial charge on any atom is -0.390 e. The van der Waals surface area contributed by atoms with Crippen LogP contribution >= 0.6 is 11.6 Å². The van der Waals surface area contributed by atoms with Gasteiger partial charge in [0.05, 0.1) is 29.2 Å². The first-order chi connectivity index (χ1) is 14.3. The van der Waals surface area contributed by atoms with Gasteiger partial charge in [-0.15, -0.1) is 0 Å². The van der Waals surface area contributed by atoms with Crippen molar-refractivity contribution in [2.24, 2.45) is 0 Å². The molecular formula is C23H21ClFN3O2. The van der Waals surface area contributed by atoms with E-state index in [0.717, 1.165) is 11.1 Å². The van der Waals surface area contributed by atoms with Crippen molar-refractivity contribution < 1.29 is 14.3 Å². The fourth-order valence-corrected chi connectivity index (χ4v) is 3.89. The Morgan fingerprint density at radius 3 is 2.60 bits per heavy atom. The zero-order valence-electron chi connectivity index (χ0n) is 16.4. The van der Waals surface area contributed by atoms with Gasteiger partial charge >= 0.3 is 0 Å². The summed E-state index contributed by atoms with van der Waals surface area (Å²) in [4.78, 5) is 17.5. The van der Waals surface area contributed by atoms with Gasteiger partial charge in [-0.1, -0.05) is 35.4 Å². The third kappa shape index (κ3) is 5.16. The SMILES string of the molecule is [C-]#[N+]c1cc(CCC2(O)CCN(C(=O)Cc3ccc(C#N)c(Cl)c3)CC2)ccc1F. The van der Waals surface area contributed by atoms with Crippen molar-refractivity contribution in [3.63, 3.8) is 0 Å². The number of carbonyl (C=O) groups excluding carboxylic acids is 1. The molecule has 0 aliphatic carbocycles. The minimum atomic E-state index is -0.888. The van der Waals surface area contributed by atoms with Crippen LogP contribution in [0.2, 0.25) is 5.02 Å². The van der Waals surface area contributed by atoms with Crippen molar-refractivity contribution in [1.29, 1.82) is 5.26 Å². The van der Waals surface area contributed by atoms with Gasteiger partial charge in [0.2, 0.25) is 11.6 Å². The van der Waals surface area contributed by atoms with Crippen molar-refractivity contribution in [2.45, 2.75) is 37.7 Å². The topological polar surface area (TPSA) is 68.7 Å². The number of aryl methyl sites for hydroxylation is 1. The van der Waals surface area contributed by atoms with E-state index < -0.39 is 11.4 Å². The second-order valence-electron chi connectivity index (χ2n) is 7.61. The molecule has 1 amide bonds. The molecular weight excluding hydrogens is 405 g/mol. The fraction of sp³-hybridized carbons (Fsp3) is 0.348. The summed E-state index contributed by atoms with van der Waals surface area (Å²) in [7, 11) is 0. The Bertz CT molecular complexity index is 1030. The summed E-state index contributed by atoms with van der Waals surface area (Å²) in [6.45, 7) is 7.91. The summed E-state index contributed by atoms with van der Waals surface area (Å²) in [5.41, 5.74) is 1.04. The molecule has 5 nitrogen and oxygen atoms in total. The molecule has 0 saturated carbocycles. The lowest BCUT2D eigenvalue weighted by Crippen LogP contribution is -2.47. The van der Waals surface area contributed by atoms with Gasteiger partial charge < -0.3 is 10.0 Å². The minimum absolute atomic E-state index is 0.0113. The van der Waals surface area contributed by atoms with E-state index in [-0.39, 0.29) is 18.0 Å². The van der Waals surface area contributed by atoms with E-state index in [9.17, 15) is 14.3 Å². The molecule has 1 aliphatic rings. The highest BCUT2D eigenvalue weighted by Gasteiger charge is 2.33. The number of likely N-dealkylation sites (tertiary alicyclic amines) is 1. The zero-order chi connectivity index (χ0) is 21.7. The molecule has 3 rings (SSSR count). The maximum absolute atomic E-state index is 13.5. The molecule has 1 saturated heterocycles. The van der Waals surface area contributed by atoms with E-state index in [1.165, 1.54) is 12.1 Å². The summed E-state index contributed by atoms with van der Waals surface area (Å²) in [6.07, 6.45) is 2.15. The summed E-state index contributed by atoms with van der Waals surface area (Å²) >= 11 is 6.03. The lowest BCUT2D eigenvalue weighted by atomic mass is 9.85. The molecule has 1 fully saturated rings. The molecule has 0 unspecified atom stereocenters. The Hall–Kier alpha value is -2.93. The van der Waals surface area contributed by atoms with Gasteiger partial charge in [-0.25, -0.2) is 9.24 Å². The summed E-state index contributed by atoms with van der Waals surface area (Å²) in [6, 6.07) is 11.4. The average Bonchev–Trinajstić information content (AvgIpc) is 2.74. The van der Waals surface area contributed by atoms with Gasteiger partial charge in [0, 0.05) is 13.1 Å². The lowest BCUT2D eigenvalue weighted by Gasteiger charge is -2.38. The number of aliphatic hydroxyl groups is 1. The fourth-order valence-electron chi connectivity index (χ4n) is 3.64. The van der Waals surface area contributed by atoms with Crippen LogP contribution in [0.25, 0.3) is 4.85 Å². The molecule has 0 spiro atoms. The normalized spacial score (nSPS) is 15.3. The highest BCUT2D eigenvalue weighted by Crippen LogP contribution is 2.29. The van der Waals surface area contributed by atoms with E-state index in [4.69, 9.17) is 23.4 Å². The van der Waals surface area contributed by atoms with Gasteiger partial charge in [0.25, 0.3) is 0 Å². The first kappa shape index (κ1) is 21.8. The molecule has 1 aliphatic heterocycles. The first-order valence-corrected chi connectivity index (χ1v) is 10.1. The Morgan fingerprint density at radius 2 is 1.97 bits per heavy atom. The molecule has 2 aromatic carbocycles. The third-order valence-electron chi connectivity index (χ3n) is 5.57. The smallest absolute Gasteiger partial charge is 0.226 e. The number of piperidine rings is 1. The van der Waals surface area contributed by atoms with Crippen molar-refractivity contribution in [3.8, 4) is 6.07 Å². The molecule has 1 heterocycles. The second-order valence-corrected chi connectivity index (χ2v) is 8.01. The molecule has 0 atom stereocenters. The van der Waals surface area contributed by atoms with Gasteiger partial charge in [-0.2, -0.15) is 5.26 Å². The quantitative estimate of drug-likeness (QED) is 0.720. The number of halogens is 2. The number of hydrogen-bond donors (Lipinski definition) is 1. The summed E-state index contributed by atoms with van der Waals surface area (Å²) in [5.74, 6) is -0.583. The maximum atomic E-state index is 13.5. The standard InChI is InChI=1S/C23H21ClFN3O2/c1-27-21-13-16(3-5-20(21)25)6-7-23(30)8-10-28(11-9-23)22(29)14-17-2-4-18(15-26)19(24)12-17/h2-5,12-13,30H,6-11,14H2. The van der Waals surface area contributed by atoms with E-state index in [1.54, 1.807) is 29.2 Å². The van der Waals surface area contributed by atoms with Crippen molar-refractivity contribution >= 4 is 23.2 Å². The molecule has 30 heavy (non-hydrogen) atoms. The number of rotatable bonds is 5. The van der Waals surface area contributed by atoms with Gasteiger partial charge in [-0.05, 0) is 49.4 Å². The van der Waals surface area contributed by atoms with Crippen LogP contribution in [0.5, 0.6) is 0 Å². The number of nitrogens with zero attached hydrogens (tertiary/aromatic N) is 3. The highest BCUT2D eigenvalue weighted by molar-refractivity contribution is 6.31. The molecule has 0 bridgehead atoms. The van der Waals surface area contributed by atoms with Crippen molar-refractivity contribution in [1.82, 2.24) is 4.90 Å². The summed E-state index contributed by atoms with van der Waals surface area (Å²) < 4.78 is 13.5.